The highest BCUT2D eigenvalue weighted by Crippen LogP contribution is 2.13. The Morgan fingerprint density at radius 2 is 0.582 bits per heavy atom. The predicted molar refractivity (Wildman–Crippen MR) is 288 cm³/mol. The van der Waals surface area contributed by atoms with Crippen molar-refractivity contribution in [1.29, 1.82) is 0 Å². The highest BCUT2D eigenvalue weighted by atomic mass is 16.6. The fourth-order valence-electron chi connectivity index (χ4n) is 6.38. The van der Waals surface area contributed by atoms with Crippen LogP contribution in [0.4, 0.5) is 0 Å². The average Bonchev–Trinajstić information content (AvgIpc) is 3.33. The zero-order chi connectivity index (χ0) is 48.6. The van der Waals surface area contributed by atoms with Gasteiger partial charge < -0.3 is 14.2 Å². The van der Waals surface area contributed by atoms with Crippen LogP contribution in [0.5, 0.6) is 0 Å². The molecule has 6 heteroatoms. The fourth-order valence-corrected chi connectivity index (χ4v) is 6.38. The molecule has 0 fully saturated rings. The molecule has 0 aromatic carbocycles. The van der Waals surface area contributed by atoms with E-state index in [-0.39, 0.29) is 37.5 Å². The minimum absolute atomic E-state index is 0.116. The predicted octanol–water partition coefficient (Wildman–Crippen LogP) is 17.4. The van der Waals surface area contributed by atoms with Gasteiger partial charge in [-0.15, -0.1) is 0 Å². The van der Waals surface area contributed by atoms with Crippen molar-refractivity contribution in [2.45, 2.75) is 194 Å². The van der Waals surface area contributed by atoms with E-state index in [0.29, 0.717) is 12.8 Å². The van der Waals surface area contributed by atoms with Crippen LogP contribution in [0.1, 0.15) is 188 Å². The highest BCUT2D eigenvalue weighted by Gasteiger charge is 2.19. The SMILES string of the molecule is CC/C=C/C=C/C=C/CCCCCCCC(=O)OCC(COC(=O)CCCCCCC/C=C/C=C/C=C/C=C/C=C/CCC)OC(=O)CCCCCCC/C=C/C=C/C=C/C=C/C=C/CCC. The number of hydrogen-bond acceptors (Lipinski definition) is 6. The van der Waals surface area contributed by atoms with Gasteiger partial charge in [-0.05, 0) is 77.0 Å². The molecule has 0 aliphatic heterocycles. The summed E-state index contributed by atoms with van der Waals surface area (Å²) in [6.07, 6.45) is 77.8. The lowest BCUT2D eigenvalue weighted by Crippen LogP contribution is -2.30. The molecule has 372 valence electrons. The van der Waals surface area contributed by atoms with E-state index < -0.39 is 6.10 Å². The summed E-state index contributed by atoms with van der Waals surface area (Å²) in [7, 11) is 0. The van der Waals surface area contributed by atoms with Crippen LogP contribution >= 0.6 is 0 Å². The maximum atomic E-state index is 12.8. The van der Waals surface area contributed by atoms with Crippen LogP contribution in [0.3, 0.4) is 0 Å². The molecule has 0 saturated heterocycles. The van der Waals surface area contributed by atoms with Gasteiger partial charge in [0.25, 0.3) is 0 Å². The molecular formula is C61H92O6. The Bertz CT molecular complexity index is 1570. The summed E-state index contributed by atoms with van der Waals surface area (Å²) in [5.41, 5.74) is 0. The van der Waals surface area contributed by atoms with Gasteiger partial charge in [0.1, 0.15) is 13.2 Å². The van der Waals surface area contributed by atoms with Gasteiger partial charge in [-0.25, -0.2) is 0 Å². The molecule has 0 N–H and O–H groups in total. The van der Waals surface area contributed by atoms with Crippen LogP contribution in [0.2, 0.25) is 0 Å². The largest absolute Gasteiger partial charge is 0.462 e. The van der Waals surface area contributed by atoms with Crippen LogP contribution in [0.25, 0.3) is 0 Å². The van der Waals surface area contributed by atoms with Crippen molar-refractivity contribution in [3.05, 3.63) is 158 Å². The summed E-state index contributed by atoms with van der Waals surface area (Å²) in [6, 6.07) is 0. The van der Waals surface area contributed by atoms with E-state index in [4.69, 9.17) is 14.2 Å². The van der Waals surface area contributed by atoms with Gasteiger partial charge in [0, 0.05) is 19.3 Å². The molecule has 1 atom stereocenters. The molecule has 1 unspecified atom stereocenters. The van der Waals surface area contributed by atoms with Crippen molar-refractivity contribution < 1.29 is 28.6 Å². The van der Waals surface area contributed by atoms with Crippen molar-refractivity contribution in [3.63, 3.8) is 0 Å². The first-order valence-corrected chi connectivity index (χ1v) is 26.2. The quantitative estimate of drug-likeness (QED) is 0.0262. The fraction of sp³-hybridized carbons (Fsp3) is 0.525. The van der Waals surface area contributed by atoms with Gasteiger partial charge in [-0.3, -0.25) is 14.4 Å². The van der Waals surface area contributed by atoms with Crippen molar-refractivity contribution in [3.8, 4) is 0 Å². The Hall–Kier alpha value is -4.97. The first kappa shape index (κ1) is 62.0. The monoisotopic (exact) mass is 921 g/mol. The molecule has 0 saturated carbocycles. The highest BCUT2D eigenvalue weighted by molar-refractivity contribution is 5.71. The van der Waals surface area contributed by atoms with Gasteiger partial charge in [-0.1, -0.05) is 249 Å². The number of carbonyl (C=O) groups excluding carboxylic acids is 3. The van der Waals surface area contributed by atoms with E-state index in [1.807, 2.05) is 79.0 Å². The standard InChI is InChI=1S/C61H92O6/c1-4-7-10-13-16-19-22-25-27-29-31-33-36-39-42-45-48-51-54-60(63)66-57-58(56-65-59(62)53-50-47-44-41-38-35-24-21-18-15-12-9-6-3)67-61(64)55-52-49-46-43-40-37-34-32-30-28-26-23-20-17-14-11-8-5-2/h9-34,58H,4-8,35-57H2,1-3H3/b12-9+,13-10+,14-11+,18-15+,19-16+,20-17+,24-21+,25-22+,26-23+,29-27+,30-28+,33-31+,34-32+. The Kier molecular flexibility index (Phi) is 49.7. The summed E-state index contributed by atoms with van der Waals surface area (Å²) in [5.74, 6) is -0.999. The van der Waals surface area contributed by atoms with Crippen molar-refractivity contribution in [2.24, 2.45) is 0 Å². The lowest BCUT2D eigenvalue weighted by Gasteiger charge is -2.18. The zero-order valence-corrected chi connectivity index (χ0v) is 42.3. The Labute approximate surface area is 409 Å². The van der Waals surface area contributed by atoms with Gasteiger partial charge in [0.05, 0.1) is 0 Å². The number of rotatable bonds is 44. The van der Waals surface area contributed by atoms with E-state index in [1.165, 1.54) is 12.8 Å². The molecule has 0 rings (SSSR count). The van der Waals surface area contributed by atoms with Gasteiger partial charge in [-0.2, -0.15) is 0 Å². The summed E-state index contributed by atoms with van der Waals surface area (Å²) < 4.78 is 16.8. The third-order valence-corrected chi connectivity index (χ3v) is 10.3. The topological polar surface area (TPSA) is 78.9 Å². The molecule has 0 aliphatic rings. The maximum Gasteiger partial charge on any atom is 0.306 e. The third-order valence-electron chi connectivity index (χ3n) is 10.3. The minimum Gasteiger partial charge on any atom is -0.462 e. The number of allylic oxidation sites excluding steroid dienone is 26. The summed E-state index contributed by atoms with van der Waals surface area (Å²) in [4.78, 5) is 38.0. The van der Waals surface area contributed by atoms with Gasteiger partial charge >= 0.3 is 17.9 Å². The molecule has 0 bridgehead atoms. The Balaban J connectivity index is 4.57. The molecule has 0 aromatic heterocycles. The number of ether oxygens (including phenoxy) is 3. The molecule has 0 aromatic rings. The molecule has 0 aliphatic carbocycles. The minimum atomic E-state index is -0.819. The number of carbonyl (C=O) groups is 3. The van der Waals surface area contributed by atoms with Crippen molar-refractivity contribution in [2.75, 3.05) is 13.2 Å². The Morgan fingerprint density at radius 3 is 0.910 bits per heavy atom. The molecule has 0 heterocycles. The summed E-state index contributed by atoms with van der Waals surface area (Å²) in [5, 5.41) is 0. The summed E-state index contributed by atoms with van der Waals surface area (Å²) in [6.45, 7) is 6.24. The molecule has 6 nitrogen and oxygen atoms in total. The van der Waals surface area contributed by atoms with E-state index in [9.17, 15) is 14.4 Å². The van der Waals surface area contributed by atoms with Crippen LogP contribution in [-0.2, 0) is 28.6 Å². The number of hydrogen-bond donors (Lipinski definition) is 0. The van der Waals surface area contributed by atoms with Crippen LogP contribution < -0.4 is 0 Å². The van der Waals surface area contributed by atoms with Crippen molar-refractivity contribution >= 4 is 17.9 Å². The van der Waals surface area contributed by atoms with E-state index >= 15 is 0 Å². The lowest BCUT2D eigenvalue weighted by molar-refractivity contribution is -0.167. The second kappa shape index (κ2) is 53.6. The van der Waals surface area contributed by atoms with E-state index in [2.05, 4.69) is 99.8 Å². The van der Waals surface area contributed by atoms with Crippen LogP contribution in [0.15, 0.2) is 158 Å². The molecule has 67 heavy (non-hydrogen) atoms. The lowest BCUT2D eigenvalue weighted by atomic mass is 10.1. The zero-order valence-electron chi connectivity index (χ0n) is 42.3. The second-order valence-corrected chi connectivity index (χ2v) is 16.6. The molecular weight excluding hydrogens is 829 g/mol. The van der Waals surface area contributed by atoms with Crippen LogP contribution in [0, 0.1) is 0 Å². The first-order valence-electron chi connectivity index (χ1n) is 26.2. The Morgan fingerprint density at radius 1 is 0.313 bits per heavy atom. The molecule has 0 radical (unpaired) electrons. The second-order valence-electron chi connectivity index (χ2n) is 16.6. The third kappa shape index (κ3) is 51.9. The smallest absolute Gasteiger partial charge is 0.306 e. The van der Waals surface area contributed by atoms with E-state index in [1.54, 1.807) is 0 Å². The van der Waals surface area contributed by atoms with Crippen LogP contribution in [-0.4, -0.2) is 37.2 Å². The first-order chi connectivity index (χ1) is 33.0. The normalized spacial score (nSPS) is 13.4. The molecule has 0 spiro atoms. The van der Waals surface area contributed by atoms with Crippen molar-refractivity contribution in [1.82, 2.24) is 0 Å². The van der Waals surface area contributed by atoms with Gasteiger partial charge in [0.2, 0.25) is 0 Å². The summed E-state index contributed by atoms with van der Waals surface area (Å²) >= 11 is 0. The van der Waals surface area contributed by atoms with Gasteiger partial charge in [0.15, 0.2) is 6.10 Å². The number of esters is 3. The van der Waals surface area contributed by atoms with E-state index in [0.717, 1.165) is 135 Å². The number of unbranched alkanes of at least 4 members (excludes halogenated alkanes) is 17. The average molecular weight is 921 g/mol. The maximum absolute atomic E-state index is 12.8. The molecule has 0 amide bonds.